The maximum atomic E-state index is 12.7. The molecule has 1 unspecified atom stereocenters. The van der Waals surface area contributed by atoms with Gasteiger partial charge in [0.25, 0.3) is 5.91 Å². The van der Waals surface area contributed by atoms with E-state index in [0.717, 1.165) is 57.7 Å². The summed E-state index contributed by atoms with van der Waals surface area (Å²) in [5, 5.41) is 2.96. The number of nitrogens with zero attached hydrogens (tertiary/aromatic N) is 3. The molecule has 1 saturated heterocycles. The third-order valence-electron chi connectivity index (χ3n) is 5.37. The van der Waals surface area contributed by atoms with Crippen LogP contribution < -0.4 is 5.32 Å². The highest BCUT2D eigenvalue weighted by Crippen LogP contribution is 2.21. The van der Waals surface area contributed by atoms with Crippen LogP contribution in [0.1, 0.15) is 42.6 Å². The first-order chi connectivity index (χ1) is 13.4. The predicted octanol–water partition coefficient (Wildman–Crippen LogP) is 2.06. The van der Waals surface area contributed by atoms with E-state index in [-0.39, 0.29) is 17.7 Å². The average Bonchev–Trinajstić information content (AvgIpc) is 2.69. The zero-order chi connectivity index (χ0) is 20.5. The van der Waals surface area contributed by atoms with E-state index in [9.17, 15) is 9.59 Å². The van der Waals surface area contributed by atoms with Crippen LogP contribution in [0.15, 0.2) is 24.3 Å². The highest BCUT2D eigenvalue weighted by atomic mass is 16.2. The molecule has 1 aromatic rings. The molecule has 1 heterocycles. The molecule has 1 atom stereocenters. The molecule has 1 aliphatic rings. The largest absolute Gasteiger partial charge is 0.351 e. The summed E-state index contributed by atoms with van der Waals surface area (Å²) < 4.78 is 0. The Hall–Kier alpha value is -1.92. The molecule has 1 aromatic carbocycles. The molecule has 0 aromatic heterocycles. The lowest BCUT2D eigenvalue weighted by Crippen LogP contribution is -2.44. The summed E-state index contributed by atoms with van der Waals surface area (Å²) in [6.45, 7) is 9.66. The average molecular weight is 389 g/mol. The van der Waals surface area contributed by atoms with Gasteiger partial charge in [-0.05, 0) is 65.0 Å². The zero-order valence-electron chi connectivity index (χ0n) is 17.9. The van der Waals surface area contributed by atoms with Crippen LogP contribution in [0.2, 0.25) is 0 Å². The van der Waals surface area contributed by atoms with Gasteiger partial charge in [-0.25, -0.2) is 0 Å². The van der Waals surface area contributed by atoms with Crippen molar-refractivity contribution < 1.29 is 9.59 Å². The van der Waals surface area contributed by atoms with E-state index in [0.29, 0.717) is 12.1 Å². The van der Waals surface area contributed by atoms with Gasteiger partial charge in [0.15, 0.2) is 0 Å². The number of likely N-dealkylation sites (N-methyl/N-ethyl adjacent to an activating group) is 1. The first kappa shape index (κ1) is 22.4. The Labute approximate surface area is 169 Å². The van der Waals surface area contributed by atoms with Crippen LogP contribution >= 0.6 is 0 Å². The standard InChI is InChI=1S/C22H36N4O2/c1-5-26(6-2)22(28)20-11-8-13-25(17-20)16-18-9-7-10-19(15-18)21(27)23-12-14-24(3)4/h7,9-10,15,20H,5-6,8,11-14,16-17H2,1-4H3,(H,23,27). The van der Waals surface area contributed by atoms with Crippen molar-refractivity contribution in [1.29, 1.82) is 0 Å². The molecule has 6 nitrogen and oxygen atoms in total. The van der Waals surface area contributed by atoms with E-state index < -0.39 is 0 Å². The van der Waals surface area contributed by atoms with Gasteiger partial charge in [0.05, 0.1) is 5.92 Å². The minimum absolute atomic E-state index is 0.0306. The van der Waals surface area contributed by atoms with E-state index in [1.165, 1.54) is 0 Å². The summed E-state index contributed by atoms with van der Waals surface area (Å²) in [5.74, 6) is 0.340. The number of benzene rings is 1. The Morgan fingerprint density at radius 1 is 1.21 bits per heavy atom. The van der Waals surface area contributed by atoms with E-state index in [1.54, 1.807) is 0 Å². The number of piperidine rings is 1. The van der Waals surface area contributed by atoms with Gasteiger partial charge in [-0.2, -0.15) is 0 Å². The number of carbonyl (C=O) groups excluding carboxylic acids is 2. The van der Waals surface area contributed by atoms with Crippen LogP contribution in [-0.2, 0) is 11.3 Å². The summed E-state index contributed by atoms with van der Waals surface area (Å²) in [6, 6.07) is 7.84. The fraction of sp³-hybridized carbons (Fsp3) is 0.636. The van der Waals surface area contributed by atoms with Crippen LogP contribution in [-0.4, -0.2) is 79.9 Å². The Bertz CT molecular complexity index is 643. The second-order valence-electron chi connectivity index (χ2n) is 7.84. The molecule has 156 valence electrons. The Morgan fingerprint density at radius 2 is 1.96 bits per heavy atom. The van der Waals surface area contributed by atoms with Crippen molar-refractivity contribution >= 4 is 11.8 Å². The van der Waals surface area contributed by atoms with Crippen LogP contribution in [0, 0.1) is 5.92 Å². The third-order valence-corrected chi connectivity index (χ3v) is 5.37. The molecule has 0 spiro atoms. The number of amides is 2. The lowest BCUT2D eigenvalue weighted by molar-refractivity contribution is -0.137. The second-order valence-corrected chi connectivity index (χ2v) is 7.84. The first-order valence-electron chi connectivity index (χ1n) is 10.5. The minimum atomic E-state index is -0.0306. The maximum Gasteiger partial charge on any atom is 0.251 e. The van der Waals surface area contributed by atoms with Gasteiger partial charge >= 0.3 is 0 Å². The third kappa shape index (κ3) is 6.60. The van der Waals surface area contributed by atoms with Crippen LogP contribution in [0.25, 0.3) is 0 Å². The molecular weight excluding hydrogens is 352 g/mol. The SMILES string of the molecule is CCN(CC)C(=O)C1CCCN(Cc2cccc(C(=O)NCCN(C)C)c2)C1. The van der Waals surface area contributed by atoms with Gasteiger partial charge in [-0.3, -0.25) is 14.5 Å². The van der Waals surface area contributed by atoms with E-state index in [4.69, 9.17) is 0 Å². The minimum Gasteiger partial charge on any atom is -0.351 e. The molecule has 0 radical (unpaired) electrons. The number of nitrogens with one attached hydrogen (secondary N) is 1. The van der Waals surface area contributed by atoms with Gasteiger partial charge in [0.2, 0.25) is 5.91 Å². The number of hydrogen-bond donors (Lipinski definition) is 1. The Kier molecular flexibility index (Phi) is 8.93. The van der Waals surface area contributed by atoms with E-state index in [2.05, 4.69) is 16.3 Å². The van der Waals surface area contributed by atoms with Gasteiger partial charge in [-0.1, -0.05) is 12.1 Å². The molecule has 1 aliphatic heterocycles. The number of rotatable bonds is 9. The van der Waals surface area contributed by atoms with Crippen molar-refractivity contribution in [2.75, 3.05) is 53.4 Å². The molecular formula is C22H36N4O2. The van der Waals surface area contributed by atoms with Crippen LogP contribution in [0.5, 0.6) is 0 Å². The van der Waals surface area contributed by atoms with Crippen molar-refractivity contribution in [2.24, 2.45) is 5.92 Å². The van der Waals surface area contributed by atoms with E-state index >= 15 is 0 Å². The topological polar surface area (TPSA) is 55.9 Å². The summed E-state index contributed by atoms with van der Waals surface area (Å²) in [7, 11) is 3.98. The molecule has 0 bridgehead atoms. The zero-order valence-corrected chi connectivity index (χ0v) is 17.9. The number of likely N-dealkylation sites (tertiary alicyclic amines) is 1. The normalized spacial score (nSPS) is 17.5. The summed E-state index contributed by atoms with van der Waals surface area (Å²) in [5.41, 5.74) is 1.82. The fourth-order valence-corrected chi connectivity index (χ4v) is 3.76. The molecule has 28 heavy (non-hydrogen) atoms. The van der Waals surface area contributed by atoms with Gasteiger partial charge < -0.3 is 15.1 Å². The van der Waals surface area contributed by atoms with Crippen molar-refractivity contribution in [3.05, 3.63) is 35.4 Å². The van der Waals surface area contributed by atoms with Gasteiger partial charge in [0, 0.05) is 44.8 Å². The molecule has 0 aliphatic carbocycles. The van der Waals surface area contributed by atoms with Gasteiger partial charge in [0.1, 0.15) is 0 Å². The number of hydrogen-bond acceptors (Lipinski definition) is 4. The van der Waals surface area contributed by atoms with Crippen molar-refractivity contribution in [1.82, 2.24) is 20.0 Å². The monoisotopic (exact) mass is 388 g/mol. The Balaban J connectivity index is 1.94. The maximum absolute atomic E-state index is 12.7. The molecule has 6 heteroatoms. The van der Waals surface area contributed by atoms with Crippen molar-refractivity contribution in [3.8, 4) is 0 Å². The molecule has 2 amide bonds. The molecule has 0 saturated carbocycles. The lowest BCUT2D eigenvalue weighted by Gasteiger charge is -2.34. The first-order valence-corrected chi connectivity index (χ1v) is 10.5. The summed E-state index contributed by atoms with van der Waals surface area (Å²) in [4.78, 5) is 31.4. The summed E-state index contributed by atoms with van der Waals surface area (Å²) in [6.07, 6.45) is 2.02. The molecule has 1 N–H and O–H groups in total. The lowest BCUT2D eigenvalue weighted by atomic mass is 9.96. The van der Waals surface area contributed by atoms with Gasteiger partial charge in [-0.15, -0.1) is 0 Å². The Morgan fingerprint density at radius 3 is 2.64 bits per heavy atom. The van der Waals surface area contributed by atoms with Crippen molar-refractivity contribution in [2.45, 2.75) is 33.2 Å². The number of carbonyl (C=O) groups is 2. The smallest absolute Gasteiger partial charge is 0.251 e. The van der Waals surface area contributed by atoms with E-state index in [1.807, 2.05) is 55.9 Å². The molecule has 2 rings (SSSR count). The predicted molar refractivity (Wildman–Crippen MR) is 113 cm³/mol. The van der Waals surface area contributed by atoms with Crippen LogP contribution in [0.4, 0.5) is 0 Å². The van der Waals surface area contributed by atoms with Crippen LogP contribution in [0.3, 0.4) is 0 Å². The highest BCUT2D eigenvalue weighted by Gasteiger charge is 2.28. The highest BCUT2D eigenvalue weighted by molar-refractivity contribution is 5.94. The second kappa shape index (κ2) is 11.2. The molecule has 1 fully saturated rings. The fourth-order valence-electron chi connectivity index (χ4n) is 3.76. The summed E-state index contributed by atoms with van der Waals surface area (Å²) >= 11 is 0. The quantitative estimate of drug-likeness (QED) is 0.704. The van der Waals surface area contributed by atoms with Crippen molar-refractivity contribution in [3.63, 3.8) is 0 Å².